The molecule has 0 aliphatic heterocycles. The molecule has 0 radical (unpaired) electrons. The lowest BCUT2D eigenvalue weighted by atomic mass is 10.2. The molecule has 0 bridgehead atoms. The number of methoxy groups -OCH3 is 1. The van der Waals surface area contributed by atoms with Gasteiger partial charge in [-0.2, -0.15) is 0 Å². The molecular weight excluding hydrogens is 267 g/mol. The Morgan fingerprint density at radius 3 is 2.89 bits per heavy atom. The number of imidazole rings is 1. The lowest BCUT2D eigenvalue weighted by Crippen LogP contribution is -2.07. The van der Waals surface area contributed by atoms with Gasteiger partial charge in [-0.3, -0.25) is 0 Å². The van der Waals surface area contributed by atoms with E-state index in [1.807, 2.05) is 6.07 Å². The third-order valence-corrected chi connectivity index (χ3v) is 3.34. The van der Waals surface area contributed by atoms with Crippen LogP contribution in [0.1, 0.15) is 17.8 Å². The fourth-order valence-corrected chi connectivity index (χ4v) is 2.36. The van der Waals surface area contributed by atoms with Gasteiger partial charge in [0.1, 0.15) is 11.6 Å². The van der Waals surface area contributed by atoms with Crippen LogP contribution in [0.2, 0.25) is 0 Å². The number of hydrogen-bond donors (Lipinski definition) is 0. The van der Waals surface area contributed by atoms with Gasteiger partial charge < -0.3 is 9.30 Å². The van der Waals surface area contributed by atoms with E-state index >= 15 is 0 Å². The Balaban J connectivity index is 2.43. The summed E-state index contributed by atoms with van der Waals surface area (Å²) in [7, 11) is 1.69. The molecule has 2 aromatic rings. The molecule has 0 amide bonds. The maximum Gasteiger partial charge on any atom is 0.128 e. The zero-order valence-electron chi connectivity index (χ0n) is 11.2. The van der Waals surface area contributed by atoms with E-state index in [1.54, 1.807) is 14.0 Å². The number of benzene rings is 1. The van der Waals surface area contributed by atoms with Gasteiger partial charge >= 0.3 is 0 Å². The Morgan fingerprint density at radius 2 is 2.21 bits per heavy atom. The van der Waals surface area contributed by atoms with Crippen LogP contribution < -0.4 is 0 Å². The van der Waals surface area contributed by atoms with Gasteiger partial charge in [0.25, 0.3) is 0 Å². The minimum atomic E-state index is -0.216. The van der Waals surface area contributed by atoms with Crippen molar-refractivity contribution in [1.82, 2.24) is 9.55 Å². The first-order valence-corrected chi connectivity index (χ1v) is 6.91. The van der Waals surface area contributed by atoms with E-state index in [4.69, 9.17) is 16.3 Å². The predicted octanol–water partition coefficient (Wildman–Crippen LogP) is 3.30. The molecule has 0 unspecified atom stereocenters. The first-order chi connectivity index (χ1) is 9.17. The molecule has 0 spiro atoms. The highest BCUT2D eigenvalue weighted by atomic mass is 35.5. The van der Waals surface area contributed by atoms with Gasteiger partial charge in [-0.05, 0) is 25.0 Å². The van der Waals surface area contributed by atoms with Crippen molar-refractivity contribution < 1.29 is 9.13 Å². The maximum atomic E-state index is 13.6. The van der Waals surface area contributed by atoms with Crippen molar-refractivity contribution in [2.45, 2.75) is 26.3 Å². The number of halogens is 2. The molecule has 1 aromatic carbocycles. The van der Waals surface area contributed by atoms with Crippen LogP contribution in [0, 0.1) is 12.7 Å². The van der Waals surface area contributed by atoms with E-state index in [0.29, 0.717) is 30.0 Å². The minimum absolute atomic E-state index is 0.216. The zero-order chi connectivity index (χ0) is 13.8. The van der Waals surface area contributed by atoms with E-state index in [2.05, 4.69) is 9.55 Å². The summed E-state index contributed by atoms with van der Waals surface area (Å²) >= 11 is 5.81. The van der Waals surface area contributed by atoms with Crippen LogP contribution in [0.15, 0.2) is 12.1 Å². The van der Waals surface area contributed by atoms with Gasteiger partial charge in [0.15, 0.2) is 0 Å². The van der Waals surface area contributed by atoms with Crippen LogP contribution in [0.25, 0.3) is 11.0 Å². The number of nitrogens with zero attached hydrogens (tertiary/aromatic N) is 2. The van der Waals surface area contributed by atoms with Gasteiger partial charge in [0, 0.05) is 38.6 Å². The summed E-state index contributed by atoms with van der Waals surface area (Å²) in [5, 5.41) is 0. The topological polar surface area (TPSA) is 27.1 Å². The highest BCUT2D eigenvalue weighted by Crippen LogP contribution is 2.21. The SMILES string of the molecule is COCCCn1c(CCCl)nc2cc(F)c(C)cc21. The maximum absolute atomic E-state index is 13.6. The number of hydrogen-bond acceptors (Lipinski definition) is 2. The van der Waals surface area contributed by atoms with Crippen molar-refractivity contribution in [2.75, 3.05) is 19.6 Å². The normalized spacial score (nSPS) is 11.4. The molecule has 0 aliphatic rings. The third kappa shape index (κ3) is 3.07. The summed E-state index contributed by atoms with van der Waals surface area (Å²) in [5.41, 5.74) is 2.30. The molecule has 0 aliphatic carbocycles. The zero-order valence-corrected chi connectivity index (χ0v) is 12.0. The molecular formula is C14H18ClFN2O. The molecule has 1 aromatic heterocycles. The number of ether oxygens (including phenoxy) is 1. The Bertz CT molecular complexity index is 568. The number of alkyl halides is 1. The summed E-state index contributed by atoms with van der Waals surface area (Å²) in [6, 6.07) is 3.34. The van der Waals surface area contributed by atoms with Crippen molar-refractivity contribution in [3.8, 4) is 0 Å². The molecule has 2 rings (SSSR count). The van der Waals surface area contributed by atoms with Crippen molar-refractivity contribution in [1.29, 1.82) is 0 Å². The van der Waals surface area contributed by atoms with Gasteiger partial charge in [-0.25, -0.2) is 9.37 Å². The molecule has 0 saturated carbocycles. The van der Waals surface area contributed by atoms with Crippen molar-refractivity contribution in [3.05, 3.63) is 29.3 Å². The summed E-state index contributed by atoms with van der Waals surface area (Å²) in [6.07, 6.45) is 1.58. The van der Waals surface area contributed by atoms with E-state index < -0.39 is 0 Å². The van der Waals surface area contributed by atoms with Crippen LogP contribution in [-0.4, -0.2) is 29.1 Å². The largest absolute Gasteiger partial charge is 0.385 e. The minimum Gasteiger partial charge on any atom is -0.385 e. The number of aromatic nitrogens is 2. The first kappa shape index (κ1) is 14.3. The smallest absolute Gasteiger partial charge is 0.128 e. The second-order valence-electron chi connectivity index (χ2n) is 4.56. The predicted molar refractivity (Wildman–Crippen MR) is 75.3 cm³/mol. The van der Waals surface area contributed by atoms with Crippen LogP contribution in [-0.2, 0) is 17.7 Å². The fourth-order valence-electron chi connectivity index (χ4n) is 2.19. The van der Waals surface area contributed by atoms with E-state index in [-0.39, 0.29) is 5.82 Å². The quantitative estimate of drug-likeness (QED) is 0.601. The summed E-state index contributed by atoms with van der Waals surface area (Å²) in [4.78, 5) is 4.48. The third-order valence-electron chi connectivity index (χ3n) is 3.16. The molecule has 104 valence electrons. The molecule has 5 heteroatoms. The molecule has 3 nitrogen and oxygen atoms in total. The molecule has 0 fully saturated rings. The van der Waals surface area contributed by atoms with Crippen molar-refractivity contribution >= 4 is 22.6 Å². The first-order valence-electron chi connectivity index (χ1n) is 6.37. The van der Waals surface area contributed by atoms with Gasteiger partial charge in [0.05, 0.1) is 11.0 Å². The van der Waals surface area contributed by atoms with Crippen LogP contribution in [0.5, 0.6) is 0 Å². The summed E-state index contributed by atoms with van der Waals surface area (Å²) < 4.78 is 20.8. The second-order valence-corrected chi connectivity index (χ2v) is 4.93. The van der Waals surface area contributed by atoms with Gasteiger partial charge in [-0.1, -0.05) is 0 Å². The van der Waals surface area contributed by atoms with Crippen molar-refractivity contribution in [2.24, 2.45) is 0 Å². The van der Waals surface area contributed by atoms with Crippen molar-refractivity contribution in [3.63, 3.8) is 0 Å². The standard InChI is InChI=1S/C14H18ClFN2O/c1-10-8-13-12(9-11(10)16)17-14(4-5-15)18(13)6-3-7-19-2/h8-9H,3-7H2,1-2H3. The number of aryl methyl sites for hydroxylation is 3. The van der Waals surface area contributed by atoms with Crippen LogP contribution >= 0.6 is 11.6 Å². The highest BCUT2D eigenvalue weighted by molar-refractivity contribution is 6.17. The lowest BCUT2D eigenvalue weighted by Gasteiger charge is -2.08. The van der Waals surface area contributed by atoms with Gasteiger partial charge in [-0.15, -0.1) is 11.6 Å². The van der Waals surface area contributed by atoms with E-state index in [9.17, 15) is 4.39 Å². The Kier molecular flexibility index (Phi) is 4.77. The van der Waals surface area contributed by atoms with E-state index in [0.717, 1.165) is 24.3 Å². The molecule has 1 heterocycles. The Labute approximate surface area is 117 Å². The second kappa shape index (κ2) is 6.35. The van der Waals surface area contributed by atoms with E-state index in [1.165, 1.54) is 6.07 Å². The number of rotatable bonds is 6. The Hall–Kier alpha value is -1.13. The van der Waals surface area contributed by atoms with Crippen LogP contribution in [0.4, 0.5) is 4.39 Å². The molecule has 0 saturated heterocycles. The van der Waals surface area contributed by atoms with Crippen LogP contribution in [0.3, 0.4) is 0 Å². The lowest BCUT2D eigenvalue weighted by molar-refractivity contribution is 0.190. The molecule has 0 atom stereocenters. The highest BCUT2D eigenvalue weighted by Gasteiger charge is 2.12. The monoisotopic (exact) mass is 284 g/mol. The molecule has 19 heavy (non-hydrogen) atoms. The summed E-state index contributed by atoms with van der Waals surface area (Å²) in [6.45, 7) is 3.27. The average molecular weight is 285 g/mol. The fraction of sp³-hybridized carbons (Fsp3) is 0.500. The average Bonchev–Trinajstić information content (AvgIpc) is 2.69. The molecule has 0 N–H and O–H groups in total. The Morgan fingerprint density at radius 1 is 1.42 bits per heavy atom. The summed E-state index contributed by atoms with van der Waals surface area (Å²) in [5.74, 6) is 1.20. The number of fused-ring (bicyclic) bond motifs is 1. The van der Waals surface area contributed by atoms with Gasteiger partial charge in [0.2, 0.25) is 0 Å².